The van der Waals surface area contributed by atoms with Gasteiger partial charge in [-0.15, -0.1) is 0 Å². The number of rotatable bonds is 5. The van der Waals surface area contributed by atoms with Crippen molar-refractivity contribution in [1.82, 2.24) is 0 Å². The molecule has 3 nitrogen and oxygen atoms in total. The van der Waals surface area contributed by atoms with E-state index in [0.717, 1.165) is 32.2 Å². The quantitative estimate of drug-likeness (QED) is 0.595. The lowest BCUT2D eigenvalue weighted by molar-refractivity contribution is -0.144. The molecule has 1 heterocycles. The van der Waals surface area contributed by atoms with Gasteiger partial charge in [0.15, 0.2) is 0 Å². The maximum absolute atomic E-state index is 12.5. The summed E-state index contributed by atoms with van der Waals surface area (Å²) in [5.41, 5.74) is 3.22. The normalized spacial score (nSPS) is 14.0. The molecule has 0 saturated heterocycles. The summed E-state index contributed by atoms with van der Waals surface area (Å²) in [6, 6.07) is 11.9. The third-order valence-electron chi connectivity index (χ3n) is 4.13. The van der Waals surface area contributed by atoms with Crippen LogP contribution in [0, 0.1) is 0 Å². The lowest BCUT2D eigenvalue weighted by atomic mass is 9.91. The fourth-order valence-electron chi connectivity index (χ4n) is 2.96. The van der Waals surface area contributed by atoms with Gasteiger partial charge in [0.2, 0.25) is 0 Å². The Balaban J connectivity index is 1.96. The highest BCUT2D eigenvalue weighted by atomic mass is 79.9. The second-order valence-electron chi connectivity index (χ2n) is 5.67. The van der Waals surface area contributed by atoms with E-state index in [1.165, 1.54) is 5.56 Å². The van der Waals surface area contributed by atoms with Gasteiger partial charge < -0.3 is 9.47 Å². The number of fused-ring (bicyclic) bond motifs is 1. The van der Waals surface area contributed by atoms with E-state index in [2.05, 4.69) is 37.9 Å². The molecule has 0 aromatic heterocycles. The fourth-order valence-corrected chi connectivity index (χ4v) is 4.04. The minimum atomic E-state index is -0.324. The van der Waals surface area contributed by atoms with Crippen molar-refractivity contribution in [3.63, 3.8) is 0 Å². The molecule has 1 aliphatic heterocycles. The van der Waals surface area contributed by atoms with Crippen molar-refractivity contribution in [3.05, 3.63) is 62.0 Å². The van der Waals surface area contributed by atoms with Gasteiger partial charge in [-0.3, -0.25) is 4.79 Å². The van der Waals surface area contributed by atoms with E-state index in [-0.39, 0.29) is 11.9 Å². The molecule has 126 valence electrons. The van der Waals surface area contributed by atoms with Crippen molar-refractivity contribution in [3.8, 4) is 5.75 Å². The first-order valence-corrected chi connectivity index (χ1v) is 9.54. The highest BCUT2D eigenvalue weighted by Crippen LogP contribution is 2.42. The second kappa shape index (κ2) is 7.70. The number of halogens is 2. The Kier molecular flexibility index (Phi) is 5.61. The van der Waals surface area contributed by atoms with E-state index in [1.807, 2.05) is 37.3 Å². The van der Waals surface area contributed by atoms with Crippen LogP contribution >= 0.6 is 31.9 Å². The molecule has 0 aliphatic carbocycles. The molecule has 0 N–H and O–H groups in total. The number of ether oxygens (including phenoxy) is 2. The minimum Gasteiger partial charge on any atom is -0.492 e. The molecule has 0 spiro atoms. The first-order valence-electron chi connectivity index (χ1n) is 7.96. The highest BCUT2D eigenvalue weighted by Gasteiger charge is 2.26. The van der Waals surface area contributed by atoms with Crippen LogP contribution in [0.4, 0.5) is 0 Å². The molecule has 1 atom stereocenters. The van der Waals surface area contributed by atoms with Gasteiger partial charge in [-0.1, -0.05) is 36.4 Å². The Bertz CT molecular complexity index is 744. The van der Waals surface area contributed by atoms with Crippen LogP contribution in [0.2, 0.25) is 0 Å². The number of esters is 1. The van der Waals surface area contributed by atoms with E-state index < -0.39 is 0 Å². The molecule has 1 unspecified atom stereocenters. The fraction of sp³-hybridized carbons (Fsp3) is 0.316. The first kappa shape index (κ1) is 17.5. The van der Waals surface area contributed by atoms with Gasteiger partial charge in [0.25, 0.3) is 0 Å². The first-order chi connectivity index (χ1) is 11.6. The van der Waals surface area contributed by atoms with Gasteiger partial charge in [0.05, 0.1) is 23.6 Å². The van der Waals surface area contributed by atoms with Gasteiger partial charge in [-0.05, 0) is 61.9 Å². The Morgan fingerprint density at radius 1 is 1.25 bits per heavy atom. The summed E-state index contributed by atoms with van der Waals surface area (Å²) in [5.74, 6) is 0.385. The van der Waals surface area contributed by atoms with Crippen molar-refractivity contribution in [2.24, 2.45) is 0 Å². The van der Waals surface area contributed by atoms with Crippen molar-refractivity contribution < 1.29 is 14.3 Å². The number of carbonyl (C=O) groups is 1. The topological polar surface area (TPSA) is 35.5 Å². The summed E-state index contributed by atoms with van der Waals surface area (Å²) in [7, 11) is 0. The van der Waals surface area contributed by atoms with Crippen LogP contribution in [0.5, 0.6) is 5.75 Å². The summed E-state index contributed by atoms with van der Waals surface area (Å²) < 4.78 is 12.8. The van der Waals surface area contributed by atoms with E-state index >= 15 is 0 Å². The molecule has 1 aliphatic rings. The summed E-state index contributed by atoms with van der Waals surface area (Å²) >= 11 is 7.25. The lowest BCUT2D eigenvalue weighted by Crippen LogP contribution is -2.18. The number of benzene rings is 2. The summed E-state index contributed by atoms with van der Waals surface area (Å²) in [6.45, 7) is 2.91. The van der Waals surface area contributed by atoms with Crippen molar-refractivity contribution in [2.75, 3.05) is 13.2 Å². The molecule has 2 aromatic rings. The Morgan fingerprint density at radius 2 is 2.00 bits per heavy atom. The molecule has 0 amide bonds. The summed E-state index contributed by atoms with van der Waals surface area (Å²) in [4.78, 5) is 12.5. The van der Waals surface area contributed by atoms with E-state index in [1.54, 1.807) is 0 Å². The number of carbonyl (C=O) groups excluding carboxylic acids is 1. The van der Waals surface area contributed by atoms with Gasteiger partial charge in [-0.25, -0.2) is 0 Å². The van der Waals surface area contributed by atoms with E-state index in [9.17, 15) is 4.79 Å². The molecule has 0 fully saturated rings. The largest absolute Gasteiger partial charge is 0.492 e. The van der Waals surface area contributed by atoms with Crippen molar-refractivity contribution >= 4 is 37.8 Å². The molecule has 2 aromatic carbocycles. The highest BCUT2D eigenvalue weighted by molar-refractivity contribution is 9.13. The molecule has 0 saturated carbocycles. The Morgan fingerprint density at radius 3 is 2.71 bits per heavy atom. The molecular formula is C19H18Br2O3. The van der Waals surface area contributed by atoms with Gasteiger partial charge in [0, 0.05) is 10.9 Å². The van der Waals surface area contributed by atoms with Gasteiger partial charge in [0.1, 0.15) is 5.75 Å². The van der Waals surface area contributed by atoms with Gasteiger partial charge in [-0.2, -0.15) is 0 Å². The summed E-state index contributed by atoms with van der Waals surface area (Å²) in [6.07, 6.45) is 1.47. The maximum atomic E-state index is 12.5. The van der Waals surface area contributed by atoms with Crippen LogP contribution < -0.4 is 4.74 Å². The summed E-state index contributed by atoms with van der Waals surface area (Å²) in [5, 5.41) is 0. The van der Waals surface area contributed by atoms with E-state index in [4.69, 9.17) is 9.47 Å². The zero-order valence-electron chi connectivity index (χ0n) is 13.4. The number of hydrogen-bond acceptors (Lipinski definition) is 3. The van der Waals surface area contributed by atoms with Crippen LogP contribution in [0.3, 0.4) is 0 Å². The van der Waals surface area contributed by atoms with Crippen molar-refractivity contribution in [1.29, 1.82) is 0 Å². The zero-order chi connectivity index (χ0) is 17.1. The van der Waals surface area contributed by atoms with Crippen LogP contribution in [0.1, 0.15) is 29.5 Å². The predicted molar refractivity (Wildman–Crippen MR) is 101 cm³/mol. The molecule has 0 radical (unpaired) electrons. The predicted octanol–water partition coefficient (Wildman–Crippen LogP) is 5.04. The van der Waals surface area contributed by atoms with E-state index in [0.29, 0.717) is 19.6 Å². The Hall–Kier alpha value is -1.33. The lowest BCUT2D eigenvalue weighted by Gasteiger charge is -2.18. The zero-order valence-corrected chi connectivity index (χ0v) is 16.5. The molecule has 3 rings (SSSR count). The SMILES string of the molecule is CCOC(=O)C(Cc1cc2c(c(Br)c1Br)OCC2)c1ccccc1. The molecule has 0 bridgehead atoms. The maximum Gasteiger partial charge on any atom is 0.313 e. The average Bonchev–Trinajstić information content (AvgIpc) is 3.06. The second-order valence-corrected chi connectivity index (χ2v) is 7.26. The molecular weight excluding hydrogens is 436 g/mol. The molecule has 5 heteroatoms. The average molecular weight is 454 g/mol. The van der Waals surface area contributed by atoms with Crippen LogP contribution in [0.15, 0.2) is 45.3 Å². The van der Waals surface area contributed by atoms with Crippen LogP contribution in [-0.2, 0) is 22.4 Å². The monoisotopic (exact) mass is 452 g/mol. The molecule has 24 heavy (non-hydrogen) atoms. The smallest absolute Gasteiger partial charge is 0.313 e. The standard InChI is InChI=1S/C19H18Br2O3/c1-2-23-19(22)15(12-6-4-3-5-7-12)11-14-10-13-8-9-24-18(13)17(21)16(14)20/h3-7,10,15H,2,8-9,11H2,1H3. The van der Waals surface area contributed by atoms with Crippen molar-refractivity contribution in [2.45, 2.75) is 25.7 Å². The van der Waals surface area contributed by atoms with Crippen LogP contribution in [0.25, 0.3) is 0 Å². The van der Waals surface area contributed by atoms with Gasteiger partial charge >= 0.3 is 5.97 Å². The number of hydrogen-bond donors (Lipinski definition) is 0. The van der Waals surface area contributed by atoms with Crippen LogP contribution in [-0.4, -0.2) is 19.2 Å². The third kappa shape index (κ3) is 3.52. The third-order valence-corrected chi connectivity index (χ3v) is 6.32. The minimum absolute atomic E-state index is 0.191. The Labute approximate surface area is 158 Å².